The van der Waals surface area contributed by atoms with Crippen molar-refractivity contribution in [1.82, 2.24) is 5.32 Å². The minimum atomic E-state index is 0.0994. The third-order valence-electron chi connectivity index (χ3n) is 3.52. The zero-order valence-electron chi connectivity index (χ0n) is 11.6. The lowest BCUT2D eigenvalue weighted by molar-refractivity contribution is 0.635. The normalized spacial score (nSPS) is 12.7. The molecule has 0 spiro atoms. The molecule has 1 nitrogen and oxygen atoms in total. The second-order valence-electron chi connectivity index (χ2n) is 4.82. The molecule has 3 rings (SSSR count). The fraction of sp³-hybridized carbons (Fsp3) is 0.176. The van der Waals surface area contributed by atoms with E-state index >= 15 is 0 Å². The first-order valence-corrected chi connectivity index (χ1v) is 8.91. The first kappa shape index (κ1) is 15.0. The van der Waals surface area contributed by atoms with Gasteiger partial charge in [-0.25, -0.2) is 0 Å². The molecule has 1 heterocycles. The summed E-state index contributed by atoms with van der Waals surface area (Å²) < 4.78 is 2.25. The van der Waals surface area contributed by atoms with Crippen molar-refractivity contribution in [3.8, 4) is 0 Å². The Morgan fingerprint density at radius 3 is 2.71 bits per heavy atom. The molecule has 1 unspecified atom stereocenters. The molecule has 0 fully saturated rings. The maximum atomic E-state index is 6.52. The molecular weight excluding hydrogens is 366 g/mol. The molecule has 0 radical (unpaired) electrons. The van der Waals surface area contributed by atoms with E-state index in [0.717, 1.165) is 21.6 Å². The smallest absolute Gasteiger partial charge is 0.0605 e. The molecule has 0 bridgehead atoms. The Kier molecular flexibility index (Phi) is 4.65. The number of hydrogen-bond donors (Lipinski definition) is 1. The standard InChI is InChI=1S/C17H15BrClNS/c1-2-20-16(12-6-4-8-14(18)15(12)19)13-7-3-5-11-9-10-21-17(11)13/h3-10,16,20H,2H2,1H3. The fourth-order valence-electron chi connectivity index (χ4n) is 2.58. The molecular formula is C17H15BrClNS. The van der Waals surface area contributed by atoms with Crippen molar-refractivity contribution in [1.29, 1.82) is 0 Å². The van der Waals surface area contributed by atoms with Crippen LogP contribution in [0, 0.1) is 0 Å². The van der Waals surface area contributed by atoms with Crippen molar-refractivity contribution in [2.24, 2.45) is 0 Å². The van der Waals surface area contributed by atoms with Crippen LogP contribution in [-0.2, 0) is 0 Å². The average Bonchev–Trinajstić information content (AvgIpc) is 2.97. The van der Waals surface area contributed by atoms with Crippen LogP contribution < -0.4 is 5.32 Å². The van der Waals surface area contributed by atoms with Crippen molar-refractivity contribution >= 4 is 49.0 Å². The summed E-state index contributed by atoms with van der Waals surface area (Å²) in [4.78, 5) is 0. The quantitative estimate of drug-likeness (QED) is 0.584. The van der Waals surface area contributed by atoms with E-state index < -0.39 is 0 Å². The van der Waals surface area contributed by atoms with Gasteiger partial charge in [-0.3, -0.25) is 0 Å². The van der Waals surface area contributed by atoms with Crippen molar-refractivity contribution in [2.75, 3.05) is 6.54 Å². The molecule has 0 aliphatic rings. The van der Waals surface area contributed by atoms with Gasteiger partial charge in [0.15, 0.2) is 0 Å². The maximum absolute atomic E-state index is 6.52. The van der Waals surface area contributed by atoms with Crippen LogP contribution in [0.3, 0.4) is 0 Å². The highest BCUT2D eigenvalue weighted by atomic mass is 79.9. The van der Waals surface area contributed by atoms with E-state index in [0.29, 0.717) is 0 Å². The Hall–Kier alpha value is -0.870. The summed E-state index contributed by atoms with van der Waals surface area (Å²) in [5, 5.41) is 7.76. The second-order valence-corrected chi connectivity index (χ2v) is 6.97. The summed E-state index contributed by atoms with van der Waals surface area (Å²) in [6.45, 7) is 3.00. The Balaban J connectivity index is 2.18. The molecule has 0 aliphatic heterocycles. The van der Waals surface area contributed by atoms with Crippen molar-refractivity contribution < 1.29 is 0 Å². The molecule has 1 atom stereocenters. The van der Waals surface area contributed by atoms with Gasteiger partial charge in [-0.2, -0.15) is 0 Å². The summed E-state index contributed by atoms with van der Waals surface area (Å²) in [6.07, 6.45) is 0. The Labute approximate surface area is 142 Å². The van der Waals surface area contributed by atoms with E-state index in [2.05, 4.69) is 63.9 Å². The van der Waals surface area contributed by atoms with E-state index in [1.807, 2.05) is 12.1 Å². The van der Waals surface area contributed by atoms with E-state index in [1.54, 1.807) is 11.3 Å². The van der Waals surface area contributed by atoms with Crippen LogP contribution in [0.2, 0.25) is 5.02 Å². The van der Waals surface area contributed by atoms with Crippen LogP contribution in [0.15, 0.2) is 52.3 Å². The number of rotatable bonds is 4. The molecule has 4 heteroatoms. The van der Waals surface area contributed by atoms with Gasteiger partial charge in [0.2, 0.25) is 0 Å². The molecule has 1 N–H and O–H groups in total. The molecule has 2 aromatic carbocycles. The van der Waals surface area contributed by atoms with Crippen LogP contribution in [0.5, 0.6) is 0 Å². The number of thiophene rings is 1. The van der Waals surface area contributed by atoms with E-state index in [1.165, 1.54) is 15.6 Å². The molecule has 1 aromatic heterocycles. The molecule has 21 heavy (non-hydrogen) atoms. The van der Waals surface area contributed by atoms with Gasteiger partial charge >= 0.3 is 0 Å². The number of nitrogens with one attached hydrogen (secondary N) is 1. The lowest BCUT2D eigenvalue weighted by Gasteiger charge is -2.21. The van der Waals surface area contributed by atoms with Gasteiger partial charge in [-0.15, -0.1) is 11.3 Å². The second kappa shape index (κ2) is 6.49. The van der Waals surface area contributed by atoms with Crippen LogP contribution in [0.1, 0.15) is 24.1 Å². The lowest BCUT2D eigenvalue weighted by atomic mass is 9.97. The zero-order valence-corrected chi connectivity index (χ0v) is 14.7. The average molecular weight is 381 g/mol. The van der Waals surface area contributed by atoms with E-state index in [-0.39, 0.29) is 6.04 Å². The molecule has 3 aromatic rings. The Bertz CT molecular complexity index is 768. The number of benzene rings is 2. The van der Waals surface area contributed by atoms with Crippen molar-refractivity contribution in [3.63, 3.8) is 0 Å². The largest absolute Gasteiger partial charge is 0.306 e. The van der Waals surface area contributed by atoms with Crippen LogP contribution in [-0.4, -0.2) is 6.54 Å². The topological polar surface area (TPSA) is 12.0 Å². The number of halogens is 2. The zero-order chi connectivity index (χ0) is 14.8. The molecule has 0 amide bonds. The van der Waals surface area contributed by atoms with Crippen LogP contribution in [0.25, 0.3) is 10.1 Å². The lowest BCUT2D eigenvalue weighted by Crippen LogP contribution is -2.22. The van der Waals surface area contributed by atoms with Gasteiger partial charge in [0, 0.05) is 9.17 Å². The maximum Gasteiger partial charge on any atom is 0.0605 e. The van der Waals surface area contributed by atoms with Gasteiger partial charge < -0.3 is 5.32 Å². The Morgan fingerprint density at radius 1 is 1.14 bits per heavy atom. The predicted octanol–water partition coefficient (Wildman–Crippen LogP) is 6.02. The highest BCUT2D eigenvalue weighted by Gasteiger charge is 2.19. The Morgan fingerprint density at radius 2 is 1.90 bits per heavy atom. The molecule has 0 saturated heterocycles. The highest BCUT2D eigenvalue weighted by Crippen LogP contribution is 2.37. The summed E-state index contributed by atoms with van der Waals surface area (Å²) in [7, 11) is 0. The van der Waals surface area contributed by atoms with Crippen LogP contribution in [0.4, 0.5) is 0 Å². The monoisotopic (exact) mass is 379 g/mol. The van der Waals surface area contributed by atoms with E-state index in [4.69, 9.17) is 11.6 Å². The van der Waals surface area contributed by atoms with Gasteiger partial charge in [0.1, 0.15) is 0 Å². The minimum absolute atomic E-state index is 0.0994. The van der Waals surface area contributed by atoms with Crippen LogP contribution >= 0.6 is 38.9 Å². The SMILES string of the molecule is CCNC(c1cccc(Br)c1Cl)c1cccc2ccsc12. The van der Waals surface area contributed by atoms with Gasteiger partial charge in [0.25, 0.3) is 0 Å². The first-order valence-electron chi connectivity index (χ1n) is 6.85. The summed E-state index contributed by atoms with van der Waals surface area (Å²) in [5.41, 5.74) is 2.39. The predicted molar refractivity (Wildman–Crippen MR) is 96.5 cm³/mol. The highest BCUT2D eigenvalue weighted by molar-refractivity contribution is 9.10. The third kappa shape index (κ3) is 2.88. The molecule has 108 valence electrons. The first-order chi connectivity index (χ1) is 10.2. The fourth-order valence-corrected chi connectivity index (χ4v) is 4.14. The minimum Gasteiger partial charge on any atom is -0.306 e. The van der Waals surface area contributed by atoms with Crippen molar-refractivity contribution in [3.05, 3.63) is 68.5 Å². The molecule has 0 saturated carbocycles. The summed E-state index contributed by atoms with van der Waals surface area (Å²) in [6, 6.07) is 14.8. The number of hydrogen-bond acceptors (Lipinski definition) is 2. The molecule has 0 aliphatic carbocycles. The van der Waals surface area contributed by atoms with Gasteiger partial charge in [0.05, 0.1) is 11.1 Å². The summed E-state index contributed by atoms with van der Waals surface area (Å²) in [5.74, 6) is 0. The van der Waals surface area contributed by atoms with Gasteiger partial charge in [-0.1, -0.05) is 48.9 Å². The number of fused-ring (bicyclic) bond motifs is 1. The van der Waals surface area contributed by atoms with Gasteiger partial charge in [-0.05, 0) is 56.5 Å². The van der Waals surface area contributed by atoms with E-state index in [9.17, 15) is 0 Å². The van der Waals surface area contributed by atoms with Crippen molar-refractivity contribution in [2.45, 2.75) is 13.0 Å². The third-order valence-corrected chi connectivity index (χ3v) is 5.81. The summed E-state index contributed by atoms with van der Waals surface area (Å²) >= 11 is 11.8.